The third-order valence-corrected chi connectivity index (χ3v) is 8.66. The quantitative estimate of drug-likeness (QED) is 0.265. The van der Waals surface area contributed by atoms with Crippen molar-refractivity contribution in [3.05, 3.63) is 81.7 Å². The lowest BCUT2D eigenvalue weighted by atomic mass is 9.89. The zero-order valence-electron chi connectivity index (χ0n) is 24.4. The zero-order valence-corrected chi connectivity index (χ0v) is 25.3. The number of rotatable bonds is 9. The normalized spacial score (nSPS) is 20.0. The van der Waals surface area contributed by atoms with E-state index in [0.717, 1.165) is 84.9 Å². The molecule has 0 saturated carbocycles. The molecule has 2 aromatic rings. The summed E-state index contributed by atoms with van der Waals surface area (Å²) < 4.78 is 44.9. The lowest BCUT2D eigenvalue weighted by Gasteiger charge is -2.35. The number of allylic oxidation sites excluding steroid dienone is 10. The largest absolute Gasteiger partial charge is 0.497 e. The van der Waals surface area contributed by atoms with Gasteiger partial charge >= 0.3 is 12.1 Å². The first-order valence-electron chi connectivity index (χ1n) is 14.3. The third-order valence-electron chi connectivity index (χ3n) is 7.83. The Balaban J connectivity index is 1.26. The van der Waals surface area contributed by atoms with E-state index >= 15 is 0 Å². The van der Waals surface area contributed by atoms with Gasteiger partial charge in [0.05, 0.1) is 24.7 Å². The van der Waals surface area contributed by atoms with Crippen LogP contribution in [-0.2, 0) is 9.53 Å². The van der Waals surface area contributed by atoms with Crippen LogP contribution in [0.4, 0.5) is 13.2 Å². The number of aliphatic imine (C=N–C) groups is 1. The number of halogens is 3. The van der Waals surface area contributed by atoms with Crippen LogP contribution in [0.5, 0.6) is 0 Å². The van der Waals surface area contributed by atoms with Gasteiger partial charge in [-0.05, 0) is 98.5 Å². The van der Waals surface area contributed by atoms with E-state index in [4.69, 9.17) is 9.72 Å². The maximum Gasteiger partial charge on any atom is 0.471 e. The van der Waals surface area contributed by atoms with E-state index in [9.17, 15) is 18.0 Å². The van der Waals surface area contributed by atoms with Crippen molar-refractivity contribution in [2.45, 2.75) is 51.6 Å². The number of ether oxygens (including phenoxy) is 1. The highest BCUT2D eigenvalue weighted by Crippen LogP contribution is 2.41. The SMILES string of the molecule is C\N=C/C(=C\C=C\NC(=O)C(F)(F)F)N1CCCC(CCC2=CC(OC)=CCC3=C2C=C(c2cn4nc(C)sc4n2)C3)C1. The molecule has 1 aliphatic heterocycles. The number of alkyl halides is 3. The maximum atomic E-state index is 12.5. The summed E-state index contributed by atoms with van der Waals surface area (Å²) in [6.07, 6.45) is 15.1. The Kier molecular flexibility index (Phi) is 9.34. The summed E-state index contributed by atoms with van der Waals surface area (Å²) in [5.41, 5.74) is 6.87. The molecule has 0 spiro atoms. The van der Waals surface area contributed by atoms with Crippen LogP contribution in [-0.4, -0.2) is 65.0 Å². The standard InChI is InChI=1S/C31H35F3N6O2S/c1-20-38-40-19-28(37-30(40)43-20)24-14-22-10-11-26(42-3)15-23(27(22)16-24)9-8-21-6-5-13-39(18-21)25(17-35-2)7-4-12-36-29(41)31(32,33)34/h4,7,11-12,15-17,19,21H,5-6,8-10,13-14,18H2,1-3H3,(H,36,41)/b12-4+,25-7+,35-17-. The predicted molar refractivity (Wildman–Crippen MR) is 162 cm³/mol. The number of carbonyl (C=O) groups is 1. The van der Waals surface area contributed by atoms with E-state index in [2.05, 4.69) is 33.2 Å². The molecule has 1 saturated heterocycles. The van der Waals surface area contributed by atoms with Gasteiger partial charge in [-0.25, -0.2) is 9.50 Å². The van der Waals surface area contributed by atoms with Crippen molar-refractivity contribution >= 4 is 34.0 Å². The first kappa shape index (κ1) is 30.5. The Labute approximate surface area is 252 Å². The smallest absolute Gasteiger partial charge is 0.471 e. The summed E-state index contributed by atoms with van der Waals surface area (Å²) in [4.78, 5) is 23.1. The lowest BCUT2D eigenvalue weighted by Crippen LogP contribution is -2.35. The van der Waals surface area contributed by atoms with Gasteiger partial charge in [0.25, 0.3) is 0 Å². The molecule has 8 nitrogen and oxygen atoms in total. The van der Waals surface area contributed by atoms with E-state index in [1.165, 1.54) is 28.4 Å². The number of fused-ring (bicyclic) bond motifs is 1. The van der Waals surface area contributed by atoms with Gasteiger partial charge in [-0.2, -0.15) is 18.3 Å². The first-order valence-corrected chi connectivity index (χ1v) is 15.1. The molecule has 1 N–H and O–H groups in total. The minimum Gasteiger partial charge on any atom is -0.497 e. The number of aromatic nitrogens is 3. The van der Waals surface area contributed by atoms with Crippen molar-refractivity contribution in [2.24, 2.45) is 10.9 Å². The van der Waals surface area contributed by atoms with Gasteiger partial charge in [0.2, 0.25) is 4.96 Å². The van der Waals surface area contributed by atoms with Crippen molar-refractivity contribution in [3.63, 3.8) is 0 Å². The van der Waals surface area contributed by atoms with Crippen LogP contribution in [0.1, 0.15) is 49.2 Å². The van der Waals surface area contributed by atoms with Crippen LogP contribution in [0.15, 0.2) is 75.9 Å². The number of methoxy groups -OCH3 is 1. The van der Waals surface area contributed by atoms with Crippen molar-refractivity contribution in [1.82, 2.24) is 24.8 Å². The second kappa shape index (κ2) is 13.2. The summed E-state index contributed by atoms with van der Waals surface area (Å²) in [5.74, 6) is -0.696. The number of nitrogens with zero attached hydrogens (tertiary/aromatic N) is 5. The molecular weight excluding hydrogens is 577 g/mol. The van der Waals surface area contributed by atoms with Crippen molar-refractivity contribution in [1.29, 1.82) is 0 Å². The van der Waals surface area contributed by atoms with Crippen molar-refractivity contribution < 1.29 is 22.7 Å². The average molecular weight is 613 g/mol. The summed E-state index contributed by atoms with van der Waals surface area (Å²) in [6, 6.07) is 0. The summed E-state index contributed by atoms with van der Waals surface area (Å²) in [5, 5.41) is 7.25. The minimum atomic E-state index is -4.92. The average Bonchev–Trinajstić information content (AvgIpc) is 3.64. The molecule has 2 aliphatic carbocycles. The lowest BCUT2D eigenvalue weighted by molar-refractivity contribution is -0.172. The summed E-state index contributed by atoms with van der Waals surface area (Å²) in [7, 11) is 3.36. The van der Waals surface area contributed by atoms with Crippen molar-refractivity contribution in [2.75, 3.05) is 27.2 Å². The molecule has 1 atom stereocenters. The van der Waals surface area contributed by atoms with E-state index in [1.807, 2.05) is 17.6 Å². The fraction of sp³-hybridized carbons (Fsp3) is 0.419. The molecule has 1 unspecified atom stereocenters. The molecule has 43 heavy (non-hydrogen) atoms. The maximum absolute atomic E-state index is 12.5. The number of carbonyl (C=O) groups excluding carboxylic acids is 1. The molecule has 12 heteroatoms. The highest BCUT2D eigenvalue weighted by molar-refractivity contribution is 7.16. The number of imidazole rings is 1. The van der Waals surface area contributed by atoms with E-state index < -0.39 is 12.1 Å². The summed E-state index contributed by atoms with van der Waals surface area (Å²) >= 11 is 1.59. The molecule has 5 rings (SSSR count). The Hall–Kier alpha value is -3.93. The Bertz CT molecular complexity index is 1560. The van der Waals surface area contributed by atoms with Gasteiger partial charge in [0, 0.05) is 32.6 Å². The zero-order chi connectivity index (χ0) is 30.6. The minimum absolute atomic E-state index is 0.429. The Morgan fingerprint density at radius 3 is 2.91 bits per heavy atom. The molecule has 2 aromatic heterocycles. The molecule has 0 radical (unpaired) electrons. The van der Waals surface area contributed by atoms with Crippen LogP contribution in [0, 0.1) is 12.8 Å². The molecular formula is C31H35F3N6O2S. The van der Waals surface area contributed by atoms with Gasteiger partial charge in [-0.15, -0.1) is 0 Å². The monoisotopic (exact) mass is 612 g/mol. The molecule has 1 fully saturated rings. The van der Waals surface area contributed by atoms with Gasteiger partial charge in [0.15, 0.2) is 0 Å². The second-order valence-corrected chi connectivity index (χ2v) is 12.0. The number of hydrogen-bond donors (Lipinski definition) is 1. The molecule has 228 valence electrons. The van der Waals surface area contributed by atoms with Crippen LogP contribution in [0.25, 0.3) is 10.5 Å². The van der Waals surface area contributed by atoms with Gasteiger partial charge < -0.3 is 15.0 Å². The van der Waals surface area contributed by atoms with Crippen LogP contribution < -0.4 is 5.32 Å². The fourth-order valence-electron chi connectivity index (χ4n) is 5.76. The highest BCUT2D eigenvalue weighted by atomic mass is 32.1. The van der Waals surface area contributed by atoms with E-state index in [1.54, 1.807) is 43.1 Å². The molecule has 0 bridgehead atoms. The molecule has 3 heterocycles. The molecule has 0 aromatic carbocycles. The van der Waals surface area contributed by atoms with E-state index in [-0.39, 0.29) is 0 Å². The number of amides is 1. The number of piperidine rings is 1. The van der Waals surface area contributed by atoms with E-state index in [0.29, 0.717) is 5.92 Å². The number of aryl methyl sites for hydroxylation is 1. The summed E-state index contributed by atoms with van der Waals surface area (Å²) in [6.45, 7) is 3.62. The topological polar surface area (TPSA) is 84.1 Å². The molecule has 3 aliphatic rings. The van der Waals surface area contributed by atoms with Crippen LogP contribution >= 0.6 is 11.3 Å². The van der Waals surface area contributed by atoms with Gasteiger partial charge in [-0.3, -0.25) is 9.79 Å². The highest BCUT2D eigenvalue weighted by Gasteiger charge is 2.37. The molecule has 1 amide bonds. The predicted octanol–water partition coefficient (Wildman–Crippen LogP) is 6.31. The fourth-order valence-corrected chi connectivity index (χ4v) is 6.49. The number of nitrogens with one attached hydrogen (secondary N) is 1. The van der Waals surface area contributed by atoms with Gasteiger partial charge in [-0.1, -0.05) is 16.9 Å². The Morgan fingerprint density at radius 1 is 1.33 bits per heavy atom. The number of likely N-dealkylation sites (tertiary alicyclic amines) is 1. The van der Waals surface area contributed by atoms with Crippen molar-refractivity contribution in [3.8, 4) is 0 Å². The van der Waals surface area contributed by atoms with Gasteiger partial charge in [0.1, 0.15) is 10.8 Å². The van der Waals surface area contributed by atoms with Crippen LogP contribution in [0.3, 0.4) is 0 Å². The third kappa shape index (κ3) is 7.35. The van der Waals surface area contributed by atoms with Crippen LogP contribution in [0.2, 0.25) is 0 Å². The Morgan fingerprint density at radius 2 is 2.16 bits per heavy atom. The second-order valence-electron chi connectivity index (χ2n) is 10.8. The first-order chi connectivity index (χ1) is 20.6. The number of hydrogen-bond acceptors (Lipinski definition) is 7.